The quantitative estimate of drug-likeness (QED) is 0.863. The molecule has 23 heavy (non-hydrogen) atoms. The summed E-state index contributed by atoms with van der Waals surface area (Å²) in [5.74, 6) is 0.103. The SMILES string of the molecule is CC1=NN([C@@H](C#N)c2cc(Br)ccc2O)[C@@H](c2ccccc2)C1. The van der Waals surface area contributed by atoms with Gasteiger partial charge in [-0.2, -0.15) is 10.4 Å². The monoisotopic (exact) mass is 369 g/mol. The molecule has 2 aromatic rings. The Hall–Kier alpha value is -2.32. The van der Waals surface area contributed by atoms with Crippen LogP contribution >= 0.6 is 15.9 Å². The van der Waals surface area contributed by atoms with Crippen LogP contribution in [0.25, 0.3) is 0 Å². The first-order valence-corrected chi connectivity index (χ1v) is 8.15. The van der Waals surface area contributed by atoms with E-state index in [4.69, 9.17) is 0 Å². The molecule has 0 spiro atoms. The van der Waals surface area contributed by atoms with Gasteiger partial charge in [0, 0.05) is 22.2 Å². The van der Waals surface area contributed by atoms with Gasteiger partial charge in [0.05, 0.1) is 12.1 Å². The molecule has 0 fully saturated rings. The van der Waals surface area contributed by atoms with Crippen molar-refractivity contribution in [3.63, 3.8) is 0 Å². The van der Waals surface area contributed by atoms with E-state index in [0.717, 1.165) is 22.2 Å². The fraction of sp³-hybridized carbons (Fsp3) is 0.222. The second kappa shape index (κ2) is 6.43. The van der Waals surface area contributed by atoms with Crippen molar-refractivity contribution < 1.29 is 5.11 Å². The van der Waals surface area contributed by atoms with Crippen LogP contribution in [0.4, 0.5) is 0 Å². The number of hydrogen-bond donors (Lipinski definition) is 1. The summed E-state index contributed by atoms with van der Waals surface area (Å²) >= 11 is 3.40. The zero-order chi connectivity index (χ0) is 16.4. The lowest BCUT2D eigenvalue weighted by molar-refractivity contribution is 0.193. The molecule has 5 heteroatoms. The zero-order valence-electron chi connectivity index (χ0n) is 12.6. The summed E-state index contributed by atoms with van der Waals surface area (Å²) in [6.45, 7) is 1.96. The number of phenols is 1. The summed E-state index contributed by atoms with van der Waals surface area (Å²) in [5.41, 5.74) is 2.65. The van der Waals surface area contributed by atoms with E-state index in [9.17, 15) is 10.4 Å². The summed E-state index contributed by atoms with van der Waals surface area (Å²) in [7, 11) is 0. The Morgan fingerprint density at radius 2 is 2.04 bits per heavy atom. The van der Waals surface area contributed by atoms with E-state index in [-0.39, 0.29) is 11.8 Å². The highest BCUT2D eigenvalue weighted by molar-refractivity contribution is 9.10. The summed E-state index contributed by atoms with van der Waals surface area (Å²) in [4.78, 5) is 0. The van der Waals surface area contributed by atoms with Gasteiger partial charge in [-0.05, 0) is 30.7 Å². The molecule has 0 saturated heterocycles. The number of nitrogens with zero attached hydrogens (tertiary/aromatic N) is 3. The summed E-state index contributed by atoms with van der Waals surface area (Å²) < 4.78 is 0.821. The van der Waals surface area contributed by atoms with Crippen molar-refractivity contribution in [2.24, 2.45) is 5.10 Å². The third-order valence-corrected chi connectivity index (χ3v) is 4.44. The molecule has 4 nitrogen and oxygen atoms in total. The van der Waals surface area contributed by atoms with Gasteiger partial charge in [0.15, 0.2) is 6.04 Å². The van der Waals surface area contributed by atoms with Crippen molar-refractivity contribution in [1.29, 1.82) is 5.26 Å². The van der Waals surface area contributed by atoms with Crippen LogP contribution in [0, 0.1) is 11.3 Å². The molecule has 3 rings (SSSR count). The average molecular weight is 370 g/mol. The zero-order valence-corrected chi connectivity index (χ0v) is 14.2. The van der Waals surface area contributed by atoms with Gasteiger partial charge >= 0.3 is 0 Å². The smallest absolute Gasteiger partial charge is 0.162 e. The molecule has 116 valence electrons. The van der Waals surface area contributed by atoms with Crippen LogP contribution in [0.2, 0.25) is 0 Å². The van der Waals surface area contributed by atoms with E-state index < -0.39 is 6.04 Å². The lowest BCUT2D eigenvalue weighted by atomic mass is 9.99. The Balaban J connectivity index is 2.02. The molecule has 1 aliphatic heterocycles. The predicted octanol–water partition coefficient (Wildman–Crippen LogP) is 4.54. The second-order valence-corrected chi connectivity index (χ2v) is 6.50. The Kier molecular flexibility index (Phi) is 4.35. The van der Waals surface area contributed by atoms with Crippen LogP contribution in [-0.2, 0) is 0 Å². The number of aromatic hydroxyl groups is 1. The maximum Gasteiger partial charge on any atom is 0.162 e. The normalized spacial score (nSPS) is 18.4. The molecule has 2 atom stereocenters. The molecular weight excluding hydrogens is 354 g/mol. The van der Waals surface area contributed by atoms with E-state index in [2.05, 4.69) is 27.1 Å². The van der Waals surface area contributed by atoms with Crippen molar-refractivity contribution in [3.8, 4) is 11.8 Å². The first-order chi connectivity index (χ1) is 11.1. The van der Waals surface area contributed by atoms with Gasteiger partial charge in [-0.15, -0.1) is 0 Å². The van der Waals surface area contributed by atoms with Crippen molar-refractivity contribution in [2.75, 3.05) is 0 Å². The van der Waals surface area contributed by atoms with Gasteiger partial charge in [0.1, 0.15) is 5.75 Å². The van der Waals surface area contributed by atoms with Crippen LogP contribution in [0.3, 0.4) is 0 Å². The number of phenolic OH excluding ortho intramolecular Hbond substituents is 1. The minimum atomic E-state index is -0.643. The fourth-order valence-corrected chi connectivity index (χ4v) is 3.26. The van der Waals surface area contributed by atoms with E-state index in [1.807, 2.05) is 37.3 Å². The maximum absolute atomic E-state index is 10.2. The third kappa shape index (κ3) is 3.08. The molecule has 0 bridgehead atoms. The molecule has 0 aromatic heterocycles. The van der Waals surface area contributed by atoms with Gasteiger partial charge in [-0.1, -0.05) is 46.3 Å². The van der Waals surface area contributed by atoms with Crippen LogP contribution in [0.1, 0.15) is 36.6 Å². The molecule has 0 amide bonds. The molecule has 1 N–H and O–H groups in total. The second-order valence-electron chi connectivity index (χ2n) is 5.58. The Bertz CT molecular complexity index is 783. The molecule has 0 aliphatic carbocycles. The third-order valence-electron chi connectivity index (χ3n) is 3.95. The summed E-state index contributed by atoms with van der Waals surface area (Å²) in [6, 6.07) is 16.8. The van der Waals surface area contributed by atoms with Crippen molar-refractivity contribution >= 4 is 21.6 Å². The van der Waals surface area contributed by atoms with Crippen LogP contribution < -0.4 is 0 Å². The lowest BCUT2D eigenvalue weighted by Gasteiger charge is -2.28. The number of halogens is 1. The van der Waals surface area contributed by atoms with E-state index in [1.165, 1.54) is 0 Å². The predicted molar refractivity (Wildman–Crippen MR) is 92.9 cm³/mol. The lowest BCUT2D eigenvalue weighted by Crippen LogP contribution is -2.24. The minimum absolute atomic E-state index is 0.000711. The van der Waals surface area contributed by atoms with E-state index >= 15 is 0 Å². The van der Waals surface area contributed by atoms with Gasteiger partial charge in [-0.25, -0.2) is 0 Å². The maximum atomic E-state index is 10.2. The Morgan fingerprint density at radius 3 is 2.74 bits per heavy atom. The number of hydrogen-bond acceptors (Lipinski definition) is 4. The molecule has 0 radical (unpaired) electrons. The van der Waals surface area contributed by atoms with E-state index in [0.29, 0.717) is 5.56 Å². The fourth-order valence-electron chi connectivity index (χ4n) is 2.88. The highest BCUT2D eigenvalue weighted by atomic mass is 79.9. The number of nitriles is 1. The van der Waals surface area contributed by atoms with Crippen LogP contribution in [0.15, 0.2) is 58.1 Å². The molecule has 1 heterocycles. The standard InChI is InChI=1S/C18H16BrN3O/c1-12-9-16(13-5-3-2-4-6-13)22(21-12)17(11-20)15-10-14(19)7-8-18(15)23/h2-8,10,16-17,23H,9H2,1H3/t16-,17+/m1/s1. The van der Waals surface area contributed by atoms with Gasteiger partial charge in [0.25, 0.3) is 0 Å². The largest absolute Gasteiger partial charge is 0.508 e. The van der Waals surface area contributed by atoms with Gasteiger partial charge in [-0.3, -0.25) is 5.01 Å². The topological polar surface area (TPSA) is 59.6 Å². The van der Waals surface area contributed by atoms with Crippen LogP contribution in [0.5, 0.6) is 5.75 Å². The highest BCUT2D eigenvalue weighted by Gasteiger charge is 2.33. The van der Waals surface area contributed by atoms with E-state index in [1.54, 1.807) is 23.2 Å². The molecule has 0 saturated carbocycles. The highest BCUT2D eigenvalue weighted by Crippen LogP contribution is 2.40. The number of rotatable bonds is 3. The molecule has 0 unspecified atom stereocenters. The number of benzene rings is 2. The Labute approximate surface area is 143 Å². The van der Waals surface area contributed by atoms with Crippen molar-refractivity contribution in [1.82, 2.24) is 5.01 Å². The minimum Gasteiger partial charge on any atom is -0.508 e. The molecule has 2 aromatic carbocycles. The van der Waals surface area contributed by atoms with Crippen LogP contribution in [-0.4, -0.2) is 15.8 Å². The van der Waals surface area contributed by atoms with Gasteiger partial charge < -0.3 is 5.11 Å². The molecular formula is C18H16BrN3O. The van der Waals surface area contributed by atoms with Crippen molar-refractivity contribution in [2.45, 2.75) is 25.4 Å². The summed E-state index contributed by atoms with van der Waals surface area (Å²) in [5, 5.41) is 26.3. The van der Waals surface area contributed by atoms with Gasteiger partial charge in [0.2, 0.25) is 0 Å². The first kappa shape index (κ1) is 15.6. The molecule has 1 aliphatic rings. The number of hydrazone groups is 1. The Morgan fingerprint density at radius 1 is 1.30 bits per heavy atom. The van der Waals surface area contributed by atoms with Crippen molar-refractivity contribution in [3.05, 3.63) is 64.1 Å². The summed E-state index contributed by atoms with van der Waals surface area (Å²) in [6.07, 6.45) is 0.775. The average Bonchev–Trinajstić information content (AvgIpc) is 2.94. The first-order valence-electron chi connectivity index (χ1n) is 7.35.